The molecule has 1 saturated heterocycles. The number of carboxylic acids is 1. The summed E-state index contributed by atoms with van der Waals surface area (Å²) in [7, 11) is 0. The molecule has 1 heterocycles. The van der Waals surface area contributed by atoms with Gasteiger partial charge >= 0.3 is 12.0 Å². The van der Waals surface area contributed by atoms with E-state index in [1.165, 1.54) is 4.90 Å². The molecule has 0 bridgehead atoms. The van der Waals surface area contributed by atoms with Gasteiger partial charge in [0, 0.05) is 25.4 Å². The van der Waals surface area contributed by atoms with Crippen LogP contribution in [0.2, 0.25) is 0 Å². The van der Waals surface area contributed by atoms with Crippen LogP contribution >= 0.6 is 0 Å². The Morgan fingerprint density at radius 2 is 1.95 bits per heavy atom. The minimum Gasteiger partial charge on any atom is -0.480 e. The fraction of sp³-hybridized carbons (Fsp3) is 0.467. The number of carboxylic acid groups (broad SMARTS) is 1. The van der Waals surface area contributed by atoms with E-state index in [1.807, 2.05) is 19.1 Å². The summed E-state index contributed by atoms with van der Waals surface area (Å²) in [5, 5.41) is 9.07. The zero-order valence-corrected chi connectivity index (χ0v) is 12.1. The van der Waals surface area contributed by atoms with E-state index in [0.717, 1.165) is 12.0 Å². The molecule has 0 radical (unpaired) electrons. The van der Waals surface area contributed by atoms with Crippen LogP contribution in [0.5, 0.6) is 0 Å². The fourth-order valence-corrected chi connectivity index (χ4v) is 2.24. The molecule has 0 saturated carbocycles. The van der Waals surface area contributed by atoms with Crippen LogP contribution in [0.4, 0.5) is 10.5 Å². The van der Waals surface area contributed by atoms with Crippen LogP contribution in [0.3, 0.4) is 0 Å². The molecular weight excluding hydrogens is 272 g/mol. The molecule has 1 aromatic carbocycles. The zero-order valence-electron chi connectivity index (χ0n) is 12.1. The largest absolute Gasteiger partial charge is 0.480 e. The number of aliphatic carboxylic acids is 1. The van der Waals surface area contributed by atoms with Crippen molar-refractivity contribution in [1.29, 1.82) is 0 Å². The first-order valence-electron chi connectivity index (χ1n) is 7.00. The highest BCUT2D eigenvalue weighted by molar-refractivity contribution is 5.96. The van der Waals surface area contributed by atoms with Crippen LogP contribution < -0.4 is 4.90 Å². The Bertz CT molecular complexity index is 493. The van der Waals surface area contributed by atoms with Gasteiger partial charge in [0.1, 0.15) is 6.54 Å². The standard InChI is InChI=1S/C15H20N2O4/c1-12-3-5-13(6-4-12)17(11-14(18)19)15(20)16-7-2-9-21-10-8-16/h3-6H,2,7-11H2,1H3,(H,18,19). The van der Waals surface area contributed by atoms with Crippen molar-refractivity contribution in [1.82, 2.24) is 4.90 Å². The van der Waals surface area contributed by atoms with Gasteiger partial charge in [-0.15, -0.1) is 0 Å². The second-order valence-electron chi connectivity index (χ2n) is 5.05. The highest BCUT2D eigenvalue weighted by Gasteiger charge is 2.25. The predicted octanol–water partition coefficient (Wildman–Crippen LogP) is 1.73. The molecule has 6 heteroatoms. The number of hydrogen-bond acceptors (Lipinski definition) is 3. The van der Waals surface area contributed by atoms with E-state index in [2.05, 4.69) is 0 Å². The zero-order chi connectivity index (χ0) is 15.2. The van der Waals surface area contributed by atoms with Crippen LogP contribution in [-0.4, -0.2) is 54.9 Å². The molecule has 1 aliphatic heterocycles. The minimum absolute atomic E-state index is 0.285. The Hall–Kier alpha value is -2.08. The first kappa shape index (κ1) is 15.3. The van der Waals surface area contributed by atoms with Crippen molar-refractivity contribution < 1.29 is 19.4 Å². The Morgan fingerprint density at radius 1 is 1.24 bits per heavy atom. The average Bonchev–Trinajstić information content (AvgIpc) is 2.74. The van der Waals surface area contributed by atoms with E-state index in [9.17, 15) is 9.59 Å². The van der Waals surface area contributed by atoms with Crippen LogP contribution in [-0.2, 0) is 9.53 Å². The summed E-state index contributed by atoms with van der Waals surface area (Å²) in [5.74, 6) is -1.03. The summed E-state index contributed by atoms with van der Waals surface area (Å²) < 4.78 is 5.33. The maximum Gasteiger partial charge on any atom is 0.325 e. The average molecular weight is 292 g/mol. The molecule has 21 heavy (non-hydrogen) atoms. The predicted molar refractivity (Wildman–Crippen MR) is 78.6 cm³/mol. The molecule has 0 unspecified atom stereocenters. The van der Waals surface area contributed by atoms with Gasteiger partial charge < -0.3 is 14.7 Å². The molecule has 0 atom stereocenters. The van der Waals surface area contributed by atoms with Gasteiger partial charge in [-0.05, 0) is 25.5 Å². The lowest BCUT2D eigenvalue weighted by Gasteiger charge is -2.28. The van der Waals surface area contributed by atoms with Gasteiger partial charge in [-0.2, -0.15) is 0 Å². The third-order valence-electron chi connectivity index (χ3n) is 3.36. The Balaban J connectivity index is 2.19. The van der Waals surface area contributed by atoms with E-state index >= 15 is 0 Å². The quantitative estimate of drug-likeness (QED) is 0.921. The number of aryl methyl sites for hydroxylation is 1. The van der Waals surface area contributed by atoms with Crippen molar-refractivity contribution in [2.75, 3.05) is 37.7 Å². The number of ether oxygens (including phenoxy) is 1. The Kier molecular flexibility index (Phi) is 5.16. The normalized spacial score (nSPS) is 15.4. The van der Waals surface area contributed by atoms with Gasteiger partial charge in [0.05, 0.1) is 6.61 Å². The Morgan fingerprint density at radius 3 is 2.62 bits per heavy atom. The van der Waals surface area contributed by atoms with E-state index in [4.69, 9.17) is 9.84 Å². The summed E-state index contributed by atoms with van der Waals surface area (Å²) in [5.41, 5.74) is 1.66. The molecule has 6 nitrogen and oxygen atoms in total. The van der Waals surface area contributed by atoms with Crippen molar-refractivity contribution in [2.24, 2.45) is 0 Å². The number of nitrogens with zero attached hydrogens (tertiary/aromatic N) is 2. The van der Waals surface area contributed by atoms with Gasteiger partial charge in [-0.3, -0.25) is 9.69 Å². The fourth-order valence-electron chi connectivity index (χ4n) is 2.24. The molecule has 2 amide bonds. The first-order chi connectivity index (χ1) is 10.1. The van der Waals surface area contributed by atoms with E-state index in [1.54, 1.807) is 17.0 Å². The summed E-state index contributed by atoms with van der Waals surface area (Å²) >= 11 is 0. The molecule has 114 valence electrons. The molecule has 0 spiro atoms. The number of anilines is 1. The first-order valence-corrected chi connectivity index (χ1v) is 7.00. The number of hydrogen-bond donors (Lipinski definition) is 1. The summed E-state index contributed by atoms with van der Waals surface area (Å²) in [6.07, 6.45) is 0.764. The number of carbonyl (C=O) groups is 2. The molecule has 2 rings (SSSR count). The molecule has 0 aromatic heterocycles. The highest BCUT2D eigenvalue weighted by atomic mass is 16.5. The van der Waals surface area contributed by atoms with Crippen LogP contribution in [0.15, 0.2) is 24.3 Å². The Labute approximate surface area is 123 Å². The third kappa shape index (κ3) is 4.19. The van der Waals surface area contributed by atoms with Gasteiger partial charge in [-0.25, -0.2) is 4.79 Å². The topological polar surface area (TPSA) is 70.1 Å². The number of urea groups is 1. The summed E-state index contributed by atoms with van der Waals surface area (Å²) in [6, 6.07) is 6.98. The molecule has 1 aromatic rings. The smallest absolute Gasteiger partial charge is 0.325 e. The summed E-state index contributed by atoms with van der Waals surface area (Å²) in [6.45, 7) is 3.79. The van der Waals surface area contributed by atoms with Gasteiger partial charge in [-0.1, -0.05) is 17.7 Å². The third-order valence-corrected chi connectivity index (χ3v) is 3.36. The van der Waals surface area contributed by atoms with E-state index in [-0.39, 0.29) is 12.6 Å². The molecule has 0 aliphatic carbocycles. The molecular formula is C15H20N2O4. The van der Waals surface area contributed by atoms with Gasteiger partial charge in [0.2, 0.25) is 0 Å². The van der Waals surface area contributed by atoms with Crippen LogP contribution in [0.25, 0.3) is 0 Å². The van der Waals surface area contributed by atoms with Crippen molar-refractivity contribution in [3.8, 4) is 0 Å². The van der Waals surface area contributed by atoms with E-state index in [0.29, 0.717) is 32.0 Å². The molecule has 1 fully saturated rings. The molecule has 1 N–H and O–H groups in total. The SMILES string of the molecule is Cc1ccc(N(CC(=O)O)C(=O)N2CCCOCC2)cc1. The van der Waals surface area contributed by atoms with Crippen LogP contribution in [0, 0.1) is 6.92 Å². The lowest BCUT2D eigenvalue weighted by molar-refractivity contribution is -0.135. The maximum absolute atomic E-state index is 12.6. The van der Waals surface area contributed by atoms with E-state index < -0.39 is 5.97 Å². The number of amides is 2. The lowest BCUT2D eigenvalue weighted by atomic mass is 10.2. The van der Waals surface area contributed by atoms with Gasteiger partial charge in [0.15, 0.2) is 0 Å². The number of benzene rings is 1. The van der Waals surface area contributed by atoms with Crippen molar-refractivity contribution >= 4 is 17.7 Å². The highest BCUT2D eigenvalue weighted by Crippen LogP contribution is 2.17. The van der Waals surface area contributed by atoms with Crippen molar-refractivity contribution in [3.05, 3.63) is 29.8 Å². The minimum atomic E-state index is -1.03. The molecule has 1 aliphatic rings. The van der Waals surface area contributed by atoms with Crippen molar-refractivity contribution in [2.45, 2.75) is 13.3 Å². The number of rotatable bonds is 3. The maximum atomic E-state index is 12.6. The summed E-state index contributed by atoms with van der Waals surface area (Å²) in [4.78, 5) is 26.6. The monoisotopic (exact) mass is 292 g/mol. The van der Waals surface area contributed by atoms with Crippen molar-refractivity contribution in [3.63, 3.8) is 0 Å². The van der Waals surface area contributed by atoms with Crippen LogP contribution in [0.1, 0.15) is 12.0 Å². The second kappa shape index (κ2) is 7.08. The second-order valence-corrected chi connectivity index (χ2v) is 5.05. The van der Waals surface area contributed by atoms with Gasteiger partial charge in [0.25, 0.3) is 0 Å². The lowest BCUT2D eigenvalue weighted by Crippen LogP contribution is -2.46. The number of carbonyl (C=O) groups excluding carboxylic acids is 1.